The van der Waals surface area contributed by atoms with Crippen LogP contribution in [0.2, 0.25) is 0 Å². The first-order valence-electron chi connectivity index (χ1n) is 7.49. The van der Waals surface area contributed by atoms with Crippen LogP contribution in [0.3, 0.4) is 0 Å². The molecule has 0 fully saturated rings. The molecule has 0 aromatic heterocycles. The number of nitrogens with one attached hydrogen (secondary N) is 1. The Balaban J connectivity index is 2.15. The van der Waals surface area contributed by atoms with Gasteiger partial charge in [-0.3, -0.25) is 4.79 Å². The minimum Gasteiger partial charge on any atom is -0.481 e. The number of carboxylic acid groups (broad SMARTS) is 1. The molecule has 7 heteroatoms. The first kappa shape index (κ1) is 18.9. The molecule has 23 heavy (non-hydrogen) atoms. The van der Waals surface area contributed by atoms with Crippen molar-refractivity contribution in [3.8, 4) is 0 Å². The summed E-state index contributed by atoms with van der Waals surface area (Å²) in [6.45, 7) is 0.962. The summed E-state index contributed by atoms with van der Waals surface area (Å²) in [6.07, 6.45) is -0.397. The molecule has 1 atom stereocenters. The number of aliphatic hydroxyl groups is 1. The topological polar surface area (TPSA) is 99.1 Å². The average molecular weight is 324 g/mol. The van der Waals surface area contributed by atoms with E-state index >= 15 is 0 Å². The lowest BCUT2D eigenvalue weighted by molar-refractivity contribution is -0.137. The van der Waals surface area contributed by atoms with Crippen LogP contribution in [0.5, 0.6) is 0 Å². The van der Waals surface area contributed by atoms with Crippen LogP contribution in [0.4, 0.5) is 4.79 Å². The number of ether oxygens (including phenoxy) is 1. The monoisotopic (exact) mass is 324 g/mol. The number of likely N-dealkylation sites (N-methyl/N-ethyl adjacent to an activating group) is 1. The van der Waals surface area contributed by atoms with Crippen LogP contribution in [-0.4, -0.2) is 60.0 Å². The molecule has 0 radical (unpaired) electrons. The first-order valence-corrected chi connectivity index (χ1v) is 7.49. The molecule has 7 nitrogen and oxygen atoms in total. The third kappa shape index (κ3) is 8.80. The summed E-state index contributed by atoms with van der Waals surface area (Å²) in [6, 6.07) is 9.27. The third-order valence-electron chi connectivity index (χ3n) is 3.10. The Kier molecular flexibility index (Phi) is 8.71. The minimum atomic E-state index is -0.890. The molecular formula is C16H24N2O5. The molecule has 1 rings (SSSR count). The van der Waals surface area contributed by atoms with E-state index in [-0.39, 0.29) is 32.1 Å². The number of hydrogen-bond acceptors (Lipinski definition) is 4. The number of aliphatic hydroxyl groups excluding tert-OH is 1. The van der Waals surface area contributed by atoms with Gasteiger partial charge in [-0.25, -0.2) is 4.79 Å². The fourth-order valence-corrected chi connectivity index (χ4v) is 1.91. The van der Waals surface area contributed by atoms with Crippen molar-refractivity contribution in [3.05, 3.63) is 35.9 Å². The number of benzene rings is 1. The van der Waals surface area contributed by atoms with Crippen LogP contribution in [0, 0.1) is 0 Å². The van der Waals surface area contributed by atoms with Crippen LogP contribution in [0.1, 0.15) is 18.4 Å². The molecule has 0 spiro atoms. The Morgan fingerprint density at radius 3 is 2.65 bits per heavy atom. The van der Waals surface area contributed by atoms with Gasteiger partial charge in [-0.05, 0) is 12.0 Å². The van der Waals surface area contributed by atoms with Crippen molar-refractivity contribution in [1.82, 2.24) is 10.2 Å². The van der Waals surface area contributed by atoms with E-state index in [2.05, 4.69) is 5.32 Å². The zero-order valence-corrected chi connectivity index (χ0v) is 13.3. The molecule has 1 aromatic carbocycles. The number of urea groups is 1. The number of rotatable bonds is 10. The molecule has 0 aliphatic heterocycles. The van der Waals surface area contributed by atoms with Gasteiger partial charge < -0.3 is 25.2 Å². The average Bonchev–Trinajstić information content (AvgIpc) is 2.52. The van der Waals surface area contributed by atoms with E-state index in [1.807, 2.05) is 30.3 Å². The Hall–Kier alpha value is -2.12. The normalized spacial score (nSPS) is 11.7. The summed E-state index contributed by atoms with van der Waals surface area (Å²) in [5.74, 6) is -0.890. The Labute approximate surface area is 135 Å². The van der Waals surface area contributed by atoms with Gasteiger partial charge in [-0.1, -0.05) is 30.3 Å². The van der Waals surface area contributed by atoms with Crippen molar-refractivity contribution < 1.29 is 24.5 Å². The zero-order chi connectivity index (χ0) is 17.1. The summed E-state index contributed by atoms with van der Waals surface area (Å²) in [5, 5.41) is 21.0. The summed E-state index contributed by atoms with van der Waals surface area (Å²) in [7, 11) is 1.56. The first-order chi connectivity index (χ1) is 11.0. The summed E-state index contributed by atoms with van der Waals surface area (Å²) in [4.78, 5) is 23.4. The highest BCUT2D eigenvalue weighted by Gasteiger charge is 2.13. The van der Waals surface area contributed by atoms with Crippen LogP contribution >= 0.6 is 0 Å². The van der Waals surface area contributed by atoms with Crippen molar-refractivity contribution in [2.75, 3.05) is 26.7 Å². The van der Waals surface area contributed by atoms with Gasteiger partial charge in [-0.15, -0.1) is 0 Å². The third-order valence-corrected chi connectivity index (χ3v) is 3.10. The molecule has 0 aliphatic carbocycles. The van der Waals surface area contributed by atoms with E-state index in [9.17, 15) is 14.7 Å². The van der Waals surface area contributed by atoms with Crippen LogP contribution < -0.4 is 5.32 Å². The molecule has 0 saturated heterocycles. The van der Waals surface area contributed by atoms with Crippen LogP contribution in [-0.2, 0) is 16.1 Å². The number of amides is 2. The van der Waals surface area contributed by atoms with E-state index in [1.165, 1.54) is 4.90 Å². The van der Waals surface area contributed by atoms with Gasteiger partial charge in [0, 0.05) is 20.0 Å². The minimum absolute atomic E-state index is 0.0138. The summed E-state index contributed by atoms with van der Waals surface area (Å²) in [5.41, 5.74) is 1.02. The van der Waals surface area contributed by atoms with Gasteiger partial charge in [0.1, 0.15) is 0 Å². The molecule has 0 heterocycles. The van der Waals surface area contributed by atoms with Gasteiger partial charge in [0.2, 0.25) is 0 Å². The van der Waals surface area contributed by atoms with Crippen molar-refractivity contribution in [2.24, 2.45) is 0 Å². The molecule has 2 amide bonds. The van der Waals surface area contributed by atoms with E-state index in [0.717, 1.165) is 5.56 Å². The highest BCUT2D eigenvalue weighted by molar-refractivity contribution is 5.74. The molecule has 0 aliphatic rings. The van der Waals surface area contributed by atoms with E-state index in [4.69, 9.17) is 9.84 Å². The predicted molar refractivity (Wildman–Crippen MR) is 85.0 cm³/mol. The zero-order valence-electron chi connectivity index (χ0n) is 13.3. The van der Waals surface area contributed by atoms with Gasteiger partial charge in [-0.2, -0.15) is 0 Å². The fourth-order valence-electron chi connectivity index (χ4n) is 1.91. The second-order valence-electron chi connectivity index (χ2n) is 5.26. The Morgan fingerprint density at radius 2 is 2.00 bits per heavy atom. The van der Waals surface area contributed by atoms with Crippen molar-refractivity contribution in [3.63, 3.8) is 0 Å². The van der Waals surface area contributed by atoms with Crippen molar-refractivity contribution in [2.45, 2.75) is 25.6 Å². The van der Waals surface area contributed by atoms with Gasteiger partial charge in [0.25, 0.3) is 0 Å². The molecule has 128 valence electrons. The van der Waals surface area contributed by atoms with Gasteiger partial charge in [0.15, 0.2) is 0 Å². The molecule has 0 saturated carbocycles. The highest BCUT2D eigenvalue weighted by Crippen LogP contribution is 2.01. The number of carboxylic acids is 1. The van der Waals surface area contributed by atoms with Crippen molar-refractivity contribution >= 4 is 12.0 Å². The molecule has 1 unspecified atom stereocenters. The summed E-state index contributed by atoms with van der Waals surface area (Å²) < 4.78 is 5.41. The lowest BCUT2D eigenvalue weighted by Gasteiger charge is -2.21. The quantitative estimate of drug-likeness (QED) is 0.559. The second kappa shape index (κ2) is 10.6. The van der Waals surface area contributed by atoms with E-state index in [1.54, 1.807) is 7.05 Å². The highest BCUT2D eigenvalue weighted by atomic mass is 16.5. The maximum atomic E-state index is 11.7. The largest absolute Gasteiger partial charge is 0.481 e. The number of nitrogens with zero attached hydrogens (tertiary/aromatic N) is 1. The number of hydrogen-bond donors (Lipinski definition) is 3. The molecular weight excluding hydrogens is 300 g/mol. The number of aliphatic carboxylic acids is 1. The number of carbonyl (C=O) groups excluding carboxylic acids is 1. The van der Waals surface area contributed by atoms with Gasteiger partial charge in [0.05, 0.1) is 25.9 Å². The molecule has 3 N–H and O–H groups in total. The summed E-state index contributed by atoms with van der Waals surface area (Å²) >= 11 is 0. The SMILES string of the molecule is CN(CC(O)COCc1ccccc1)C(=O)NCCCC(=O)O. The van der Waals surface area contributed by atoms with Gasteiger partial charge >= 0.3 is 12.0 Å². The molecule has 1 aromatic rings. The number of carbonyl (C=O) groups is 2. The van der Waals surface area contributed by atoms with Crippen LogP contribution in [0.25, 0.3) is 0 Å². The standard InChI is InChI=1S/C16H24N2O5/c1-18(16(22)17-9-5-8-15(20)21)10-14(19)12-23-11-13-6-3-2-4-7-13/h2-4,6-7,14,19H,5,8-12H2,1H3,(H,17,22)(H,20,21). The predicted octanol–water partition coefficient (Wildman–Crippen LogP) is 1.07. The maximum Gasteiger partial charge on any atom is 0.317 e. The maximum absolute atomic E-state index is 11.7. The van der Waals surface area contributed by atoms with Crippen molar-refractivity contribution in [1.29, 1.82) is 0 Å². The van der Waals surface area contributed by atoms with E-state index < -0.39 is 12.1 Å². The smallest absolute Gasteiger partial charge is 0.317 e. The lowest BCUT2D eigenvalue weighted by atomic mass is 10.2. The molecule has 0 bridgehead atoms. The fraction of sp³-hybridized carbons (Fsp3) is 0.500. The Morgan fingerprint density at radius 1 is 1.30 bits per heavy atom. The van der Waals surface area contributed by atoms with Crippen LogP contribution in [0.15, 0.2) is 30.3 Å². The van der Waals surface area contributed by atoms with E-state index in [0.29, 0.717) is 13.0 Å². The second-order valence-corrected chi connectivity index (χ2v) is 5.26. The Bertz CT molecular complexity index is 481. The lowest BCUT2D eigenvalue weighted by Crippen LogP contribution is -2.42.